The molecule has 0 fully saturated rings. The maximum absolute atomic E-state index is 13.2. The van der Waals surface area contributed by atoms with Gasteiger partial charge in [-0.2, -0.15) is 0 Å². The Morgan fingerprint density at radius 3 is 2.56 bits per heavy atom. The molecule has 0 aliphatic rings. The topological polar surface area (TPSA) is 53.3 Å². The summed E-state index contributed by atoms with van der Waals surface area (Å²) in [6.45, 7) is 1.40. The van der Waals surface area contributed by atoms with Crippen LogP contribution in [0.3, 0.4) is 0 Å². The van der Waals surface area contributed by atoms with Gasteiger partial charge in [-0.25, -0.2) is 8.78 Å². The predicted octanol–water partition coefficient (Wildman–Crippen LogP) is -1.61. The summed E-state index contributed by atoms with van der Waals surface area (Å²) in [5.41, 5.74) is -0.114. The molecule has 1 aromatic heterocycles. The second-order valence-corrected chi connectivity index (χ2v) is 3.11. The molecule has 0 spiro atoms. The van der Waals surface area contributed by atoms with E-state index in [1.54, 1.807) is 0 Å². The number of carboxylic acids is 1. The van der Waals surface area contributed by atoms with Gasteiger partial charge in [-0.3, -0.25) is 0 Å². The number of carbonyl (C=O) groups is 1. The molecular weight excluding hydrogens is 245 g/mol. The van der Waals surface area contributed by atoms with Crippen LogP contribution in [0.5, 0.6) is 0 Å². The van der Waals surface area contributed by atoms with Crippen molar-refractivity contribution in [1.29, 1.82) is 0 Å². The number of furan rings is 1. The van der Waals surface area contributed by atoms with Crippen LogP contribution in [0.2, 0.25) is 0 Å². The van der Waals surface area contributed by atoms with Crippen LogP contribution in [0.4, 0.5) is 8.78 Å². The summed E-state index contributed by atoms with van der Waals surface area (Å²) in [5, 5.41) is 10.7. The average molecular weight is 250 g/mol. The van der Waals surface area contributed by atoms with Crippen LogP contribution in [0.25, 0.3) is 11.0 Å². The van der Waals surface area contributed by atoms with Gasteiger partial charge in [0.1, 0.15) is 11.8 Å². The Kier molecular flexibility index (Phi) is 4.25. The predicted molar refractivity (Wildman–Crippen MR) is 45.2 cm³/mol. The normalized spacial score (nSPS) is 10.2. The third-order valence-electron chi connectivity index (χ3n) is 2.14. The standard InChI is InChI=1S/C10H6F2O3.K/c1-4-6-2-5(11)3-7(12)9(6)15-8(4)10(13)14;/h2-3H,1H3,(H,13,14);/q;+1/p-1. The number of benzene rings is 1. The van der Waals surface area contributed by atoms with E-state index in [0.717, 1.165) is 6.07 Å². The van der Waals surface area contributed by atoms with E-state index in [1.807, 2.05) is 0 Å². The minimum absolute atomic E-state index is 0. The molecule has 6 heteroatoms. The van der Waals surface area contributed by atoms with Crippen LogP contribution >= 0.6 is 0 Å². The van der Waals surface area contributed by atoms with Crippen molar-refractivity contribution >= 4 is 16.9 Å². The van der Waals surface area contributed by atoms with Crippen molar-refractivity contribution in [3.63, 3.8) is 0 Å². The first kappa shape index (κ1) is 13.8. The van der Waals surface area contributed by atoms with E-state index in [0.29, 0.717) is 6.07 Å². The van der Waals surface area contributed by atoms with Gasteiger partial charge in [0.2, 0.25) is 0 Å². The summed E-state index contributed by atoms with van der Waals surface area (Å²) in [6.07, 6.45) is 0. The van der Waals surface area contributed by atoms with E-state index >= 15 is 0 Å². The molecule has 0 saturated carbocycles. The minimum Gasteiger partial charge on any atom is -0.542 e. The molecule has 0 unspecified atom stereocenters. The van der Waals surface area contributed by atoms with Crippen molar-refractivity contribution in [2.24, 2.45) is 0 Å². The summed E-state index contributed by atoms with van der Waals surface area (Å²) in [7, 11) is 0. The third-order valence-corrected chi connectivity index (χ3v) is 2.14. The van der Waals surface area contributed by atoms with Gasteiger partial charge in [0.25, 0.3) is 0 Å². The quantitative estimate of drug-likeness (QED) is 0.572. The second kappa shape index (κ2) is 4.93. The average Bonchev–Trinajstić information content (AvgIpc) is 2.44. The third kappa shape index (κ3) is 2.21. The molecule has 2 rings (SSSR count). The van der Waals surface area contributed by atoms with E-state index < -0.39 is 23.4 Å². The molecule has 0 N–H and O–H groups in total. The Balaban J connectivity index is 0.00000128. The second-order valence-electron chi connectivity index (χ2n) is 3.11. The van der Waals surface area contributed by atoms with Crippen molar-refractivity contribution in [1.82, 2.24) is 0 Å². The van der Waals surface area contributed by atoms with Crippen LogP contribution in [-0.2, 0) is 0 Å². The number of aromatic carboxylic acids is 1. The Morgan fingerprint density at radius 1 is 1.38 bits per heavy atom. The van der Waals surface area contributed by atoms with Gasteiger partial charge < -0.3 is 14.3 Å². The maximum Gasteiger partial charge on any atom is 1.00 e. The molecular formula is C10H5F2KO3. The summed E-state index contributed by atoms with van der Waals surface area (Å²) >= 11 is 0. The molecule has 78 valence electrons. The zero-order valence-corrected chi connectivity index (χ0v) is 11.8. The fourth-order valence-electron chi connectivity index (χ4n) is 1.44. The fraction of sp³-hybridized carbons (Fsp3) is 0.100. The number of hydrogen-bond acceptors (Lipinski definition) is 3. The smallest absolute Gasteiger partial charge is 0.542 e. The van der Waals surface area contributed by atoms with Gasteiger partial charge in [-0.15, -0.1) is 0 Å². The van der Waals surface area contributed by atoms with Gasteiger partial charge in [-0.1, -0.05) is 0 Å². The van der Waals surface area contributed by atoms with Crippen LogP contribution in [0.1, 0.15) is 16.1 Å². The number of halogens is 2. The Hall–Kier alpha value is -0.274. The number of rotatable bonds is 1. The Bertz CT molecular complexity index is 563. The summed E-state index contributed by atoms with van der Waals surface area (Å²) in [4.78, 5) is 10.6. The molecule has 0 aliphatic heterocycles. The molecule has 0 amide bonds. The van der Waals surface area contributed by atoms with Gasteiger partial charge in [0, 0.05) is 17.0 Å². The number of aryl methyl sites for hydroxylation is 1. The van der Waals surface area contributed by atoms with Gasteiger partial charge in [0.05, 0.1) is 0 Å². The van der Waals surface area contributed by atoms with E-state index in [4.69, 9.17) is 4.42 Å². The van der Waals surface area contributed by atoms with Crippen molar-refractivity contribution in [3.8, 4) is 0 Å². The molecule has 0 radical (unpaired) electrons. The van der Waals surface area contributed by atoms with E-state index in [-0.39, 0.29) is 67.9 Å². The molecule has 1 heterocycles. The first-order valence-electron chi connectivity index (χ1n) is 4.10. The van der Waals surface area contributed by atoms with Crippen molar-refractivity contribution in [2.45, 2.75) is 6.92 Å². The molecule has 1 aromatic carbocycles. The summed E-state index contributed by atoms with van der Waals surface area (Å²) < 4.78 is 30.7. The summed E-state index contributed by atoms with van der Waals surface area (Å²) in [6, 6.07) is 1.65. The van der Waals surface area contributed by atoms with E-state index in [1.165, 1.54) is 6.92 Å². The monoisotopic (exact) mass is 250 g/mol. The molecule has 2 aromatic rings. The van der Waals surface area contributed by atoms with Gasteiger partial charge in [0.15, 0.2) is 17.2 Å². The number of carboxylic acid groups (broad SMARTS) is 1. The van der Waals surface area contributed by atoms with Crippen LogP contribution in [-0.4, -0.2) is 5.97 Å². The van der Waals surface area contributed by atoms with Gasteiger partial charge in [-0.05, 0) is 13.0 Å². The molecule has 0 saturated heterocycles. The van der Waals surface area contributed by atoms with Gasteiger partial charge >= 0.3 is 51.4 Å². The SMILES string of the molecule is Cc1c(C(=O)[O-])oc2c(F)cc(F)cc12.[K+]. The zero-order chi connectivity index (χ0) is 11.2. The number of fused-ring (bicyclic) bond motifs is 1. The van der Waals surface area contributed by atoms with Crippen LogP contribution in [0.15, 0.2) is 16.5 Å². The molecule has 16 heavy (non-hydrogen) atoms. The van der Waals surface area contributed by atoms with Crippen LogP contribution < -0.4 is 56.5 Å². The largest absolute Gasteiger partial charge is 1.00 e. The molecule has 0 atom stereocenters. The van der Waals surface area contributed by atoms with E-state index in [2.05, 4.69) is 0 Å². The van der Waals surface area contributed by atoms with Crippen LogP contribution in [0, 0.1) is 18.6 Å². The fourth-order valence-corrected chi connectivity index (χ4v) is 1.44. The van der Waals surface area contributed by atoms with Crippen molar-refractivity contribution < 1.29 is 74.5 Å². The maximum atomic E-state index is 13.2. The molecule has 3 nitrogen and oxygen atoms in total. The Labute approximate surface area is 132 Å². The van der Waals surface area contributed by atoms with E-state index in [9.17, 15) is 18.7 Å². The summed E-state index contributed by atoms with van der Waals surface area (Å²) in [5.74, 6) is -3.74. The molecule has 0 bridgehead atoms. The number of carbonyl (C=O) groups excluding carboxylic acids is 1. The van der Waals surface area contributed by atoms with Crippen molar-refractivity contribution in [2.75, 3.05) is 0 Å². The first-order chi connectivity index (χ1) is 7.00. The number of hydrogen-bond donors (Lipinski definition) is 0. The first-order valence-corrected chi connectivity index (χ1v) is 4.10. The minimum atomic E-state index is -1.55. The zero-order valence-electron chi connectivity index (χ0n) is 8.64. The molecule has 0 aliphatic carbocycles. The van der Waals surface area contributed by atoms with Crippen molar-refractivity contribution in [3.05, 3.63) is 35.1 Å². The Morgan fingerprint density at radius 2 is 2.00 bits per heavy atom.